The number of hydrogen-bond acceptors (Lipinski definition) is 8. The molecule has 0 unspecified atom stereocenters. The molecule has 0 aliphatic heterocycles. The monoisotopic (exact) mass is 427 g/mol. The molecule has 2 aromatic heterocycles. The van der Waals surface area contributed by atoms with Gasteiger partial charge in [0.2, 0.25) is 11.9 Å². The number of nitrogens with zero attached hydrogens (tertiary/aromatic N) is 6. The van der Waals surface area contributed by atoms with Gasteiger partial charge in [0.25, 0.3) is 5.56 Å². The van der Waals surface area contributed by atoms with E-state index in [2.05, 4.69) is 42.3 Å². The Bertz CT molecular complexity index is 1370. The summed E-state index contributed by atoms with van der Waals surface area (Å²) in [4.78, 5) is 26.2. The minimum absolute atomic E-state index is 0.0950. The van der Waals surface area contributed by atoms with E-state index in [1.54, 1.807) is 19.1 Å². The summed E-state index contributed by atoms with van der Waals surface area (Å²) >= 11 is 0. The summed E-state index contributed by atoms with van der Waals surface area (Å²) in [6.07, 6.45) is 0. The first-order chi connectivity index (χ1) is 15.4. The summed E-state index contributed by atoms with van der Waals surface area (Å²) in [5.74, 6) is 0.803. The topological polar surface area (TPSA) is 139 Å². The van der Waals surface area contributed by atoms with Crippen molar-refractivity contribution in [2.45, 2.75) is 13.8 Å². The highest BCUT2D eigenvalue weighted by Gasteiger charge is 2.12. The van der Waals surface area contributed by atoms with Crippen molar-refractivity contribution in [1.82, 2.24) is 24.8 Å². The maximum absolute atomic E-state index is 12.4. The van der Waals surface area contributed by atoms with Crippen molar-refractivity contribution in [2.24, 2.45) is 10.3 Å². The molecule has 4 aromatic rings. The van der Waals surface area contributed by atoms with Crippen LogP contribution < -0.4 is 16.6 Å². The van der Waals surface area contributed by atoms with Crippen molar-refractivity contribution in [2.75, 3.05) is 11.1 Å². The second kappa shape index (κ2) is 8.64. The highest BCUT2D eigenvalue weighted by Crippen LogP contribution is 2.23. The Labute approximate surface area is 183 Å². The molecule has 0 saturated carbocycles. The van der Waals surface area contributed by atoms with Crippen LogP contribution in [-0.4, -0.2) is 24.8 Å². The van der Waals surface area contributed by atoms with Crippen LogP contribution in [0.15, 0.2) is 76.3 Å². The molecule has 160 valence electrons. The van der Waals surface area contributed by atoms with Crippen molar-refractivity contribution in [3.05, 3.63) is 83.0 Å². The Balaban J connectivity index is 1.58. The molecule has 0 spiro atoms. The largest absolute Gasteiger partial charge is 0.368 e. The quantitative estimate of drug-likeness (QED) is 0.393. The minimum atomic E-state index is -0.233. The van der Waals surface area contributed by atoms with Gasteiger partial charge in [-0.05, 0) is 48.4 Å². The Hall–Kier alpha value is -4.60. The molecule has 0 saturated heterocycles. The number of rotatable bonds is 6. The molecule has 2 heterocycles. The number of H-pyrrole nitrogens is 1. The fraction of sp³-hybridized carbons (Fsp3) is 0.0909. The zero-order valence-electron chi connectivity index (χ0n) is 17.6. The van der Waals surface area contributed by atoms with Crippen molar-refractivity contribution < 1.29 is 0 Å². The lowest BCUT2D eigenvalue weighted by molar-refractivity contribution is 0.664. The molecule has 0 atom stereocenters. The Morgan fingerprint density at radius 1 is 1.12 bits per heavy atom. The van der Waals surface area contributed by atoms with Gasteiger partial charge in [-0.2, -0.15) is 19.7 Å². The maximum Gasteiger partial charge on any atom is 0.273 e. The minimum Gasteiger partial charge on any atom is -0.368 e. The van der Waals surface area contributed by atoms with Gasteiger partial charge in [0.15, 0.2) is 5.82 Å². The van der Waals surface area contributed by atoms with E-state index >= 15 is 0 Å². The summed E-state index contributed by atoms with van der Waals surface area (Å²) in [7, 11) is 0. The van der Waals surface area contributed by atoms with Crippen LogP contribution in [0.25, 0.3) is 16.7 Å². The number of aromatic nitrogens is 5. The Kier molecular flexibility index (Phi) is 5.58. The first-order valence-electron chi connectivity index (χ1n) is 9.74. The number of hydrogen-bond donors (Lipinski definition) is 3. The first-order valence-corrected chi connectivity index (χ1v) is 9.74. The highest BCUT2D eigenvalue weighted by molar-refractivity contribution is 5.65. The molecule has 0 aliphatic carbocycles. The zero-order chi connectivity index (χ0) is 22.7. The van der Waals surface area contributed by atoms with Crippen LogP contribution in [-0.2, 0) is 0 Å². The van der Waals surface area contributed by atoms with Gasteiger partial charge in [0.05, 0.1) is 16.9 Å². The molecule has 0 amide bonds. The molecule has 32 heavy (non-hydrogen) atoms. The molecule has 4 rings (SSSR count). The third-order valence-corrected chi connectivity index (χ3v) is 4.56. The normalized spacial score (nSPS) is 11.1. The molecule has 0 bridgehead atoms. The molecule has 10 heteroatoms. The number of anilines is 3. The van der Waals surface area contributed by atoms with Gasteiger partial charge < -0.3 is 11.1 Å². The molecule has 4 N–H and O–H groups in total. The third kappa shape index (κ3) is 4.43. The van der Waals surface area contributed by atoms with E-state index in [0.717, 1.165) is 5.56 Å². The van der Waals surface area contributed by atoms with Crippen LogP contribution in [0.3, 0.4) is 0 Å². The summed E-state index contributed by atoms with van der Waals surface area (Å²) in [5.41, 5.74) is 9.48. The zero-order valence-corrected chi connectivity index (χ0v) is 17.6. The Morgan fingerprint density at radius 2 is 1.91 bits per heavy atom. The standard InChI is InChI=1S/C22H21N9O/c1-13(2)19-25-21(23)27-22(26-19)24-16-10-7-11-17(12-16)28-30-31-14(3)18(20(32)29-31)15-8-5-4-6-9-15/h4-12H,1H2,2-3H3,(H,29,32)(H3,23,24,25,26,27). The van der Waals surface area contributed by atoms with Crippen LogP contribution in [0.5, 0.6) is 0 Å². The van der Waals surface area contributed by atoms with Gasteiger partial charge in [-0.25, -0.2) is 5.10 Å². The molecular weight excluding hydrogens is 406 g/mol. The number of nitrogens with two attached hydrogens (primary N) is 1. The number of allylic oxidation sites excluding steroid dienone is 1. The molecular formula is C22H21N9O. The third-order valence-electron chi connectivity index (χ3n) is 4.56. The number of nitrogens with one attached hydrogen (secondary N) is 2. The van der Waals surface area contributed by atoms with E-state index in [-0.39, 0.29) is 11.5 Å². The lowest BCUT2D eigenvalue weighted by atomic mass is 10.1. The average molecular weight is 427 g/mol. The first kappa shape index (κ1) is 20.7. The van der Waals surface area contributed by atoms with Crippen molar-refractivity contribution in [3.63, 3.8) is 0 Å². The van der Waals surface area contributed by atoms with E-state index in [1.165, 1.54) is 4.79 Å². The van der Waals surface area contributed by atoms with Crippen LogP contribution in [0.1, 0.15) is 18.4 Å². The SMILES string of the molecule is C=C(C)c1nc(N)nc(Nc2cccc(N=Nn3[nH]c(=O)c(-c4ccccc4)c3C)c2)n1. The van der Waals surface area contributed by atoms with E-state index in [9.17, 15) is 4.79 Å². The molecule has 0 aliphatic rings. The fourth-order valence-electron chi connectivity index (χ4n) is 3.05. The average Bonchev–Trinajstić information content (AvgIpc) is 3.05. The van der Waals surface area contributed by atoms with E-state index < -0.39 is 0 Å². The molecule has 10 nitrogen and oxygen atoms in total. The van der Waals surface area contributed by atoms with Crippen LogP contribution in [0.2, 0.25) is 0 Å². The number of nitrogen functional groups attached to an aromatic ring is 1. The van der Waals surface area contributed by atoms with E-state index in [0.29, 0.717) is 40.0 Å². The van der Waals surface area contributed by atoms with Crippen LogP contribution in [0, 0.1) is 6.92 Å². The second-order valence-corrected chi connectivity index (χ2v) is 7.07. The summed E-state index contributed by atoms with van der Waals surface area (Å²) in [6.45, 7) is 7.42. The lowest BCUT2D eigenvalue weighted by Gasteiger charge is -2.07. The fourth-order valence-corrected chi connectivity index (χ4v) is 3.05. The summed E-state index contributed by atoms with van der Waals surface area (Å²) in [5, 5.41) is 14.2. The smallest absolute Gasteiger partial charge is 0.273 e. The summed E-state index contributed by atoms with van der Waals surface area (Å²) < 4.78 is 0. The maximum atomic E-state index is 12.4. The van der Waals surface area contributed by atoms with E-state index in [4.69, 9.17) is 5.73 Å². The predicted molar refractivity (Wildman–Crippen MR) is 124 cm³/mol. The lowest BCUT2D eigenvalue weighted by Crippen LogP contribution is -2.06. The Morgan fingerprint density at radius 3 is 2.66 bits per heavy atom. The number of benzene rings is 2. The molecule has 0 fully saturated rings. The highest BCUT2D eigenvalue weighted by atomic mass is 16.1. The van der Waals surface area contributed by atoms with Gasteiger partial charge in [-0.15, -0.1) is 5.11 Å². The van der Waals surface area contributed by atoms with Crippen LogP contribution in [0.4, 0.5) is 23.3 Å². The van der Waals surface area contributed by atoms with Gasteiger partial charge in [-0.3, -0.25) is 4.79 Å². The van der Waals surface area contributed by atoms with Gasteiger partial charge in [-0.1, -0.05) is 43.0 Å². The van der Waals surface area contributed by atoms with Gasteiger partial charge >= 0.3 is 0 Å². The second-order valence-electron chi connectivity index (χ2n) is 7.07. The van der Waals surface area contributed by atoms with Crippen LogP contribution >= 0.6 is 0 Å². The molecule has 0 radical (unpaired) electrons. The van der Waals surface area contributed by atoms with Crippen molar-refractivity contribution in [3.8, 4) is 11.1 Å². The molecule has 2 aromatic carbocycles. The van der Waals surface area contributed by atoms with Gasteiger partial charge in [0, 0.05) is 5.69 Å². The van der Waals surface area contributed by atoms with Gasteiger partial charge in [0.1, 0.15) is 0 Å². The van der Waals surface area contributed by atoms with Crippen molar-refractivity contribution in [1.29, 1.82) is 0 Å². The predicted octanol–water partition coefficient (Wildman–Crippen LogP) is 4.24. The van der Waals surface area contributed by atoms with E-state index in [1.807, 2.05) is 49.4 Å². The number of aromatic amines is 1. The summed E-state index contributed by atoms with van der Waals surface area (Å²) in [6, 6.07) is 16.6. The van der Waals surface area contributed by atoms with Crippen molar-refractivity contribution >= 4 is 28.8 Å².